The van der Waals surface area contributed by atoms with E-state index in [4.69, 9.17) is 11.6 Å². The summed E-state index contributed by atoms with van der Waals surface area (Å²) in [6.45, 7) is 0.417. The van der Waals surface area contributed by atoms with E-state index in [1.165, 1.54) is 10.4 Å². The van der Waals surface area contributed by atoms with E-state index in [1.807, 2.05) is 36.4 Å². The third kappa shape index (κ3) is 5.58. The average Bonchev–Trinajstić information content (AvgIpc) is 2.83. The van der Waals surface area contributed by atoms with Crippen molar-refractivity contribution < 1.29 is 17.6 Å². The topological polar surface area (TPSA) is 79.4 Å². The van der Waals surface area contributed by atoms with E-state index in [0.29, 0.717) is 18.5 Å². The van der Waals surface area contributed by atoms with E-state index in [1.54, 1.807) is 12.4 Å². The molecule has 1 aromatic heterocycles. The van der Waals surface area contributed by atoms with Gasteiger partial charge in [0.15, 0.2) is 0 Å². The van der Waals surface area contributed by atoms with Gasteiger partial charge in [0, 0.05) is 37.1 Å². The van der Waals surface area contributed by atoms with Gasteiger partial charge in [0.25, 0.3) is 0 Å². The van der Waals surface area contributed by atoms with Crippen molar-refractivity contribution in [3.63, 3.8) is 0 Å². The van der Waals surface area contributed by atoms with Crippen LogP contribution in [0.5, 0.6) is 0 Å². The summed E-state index contributed by atoms with van der Waals surface area (Å²) in [6, 6.07) is 15.0. The van der Waals surface area contributed by atoms with Gasteiger partial charge in [0.05, 0.1) is 9.92 Å². The predicted octanol–water partition coefficient (Wildman–Crippen LogP) is 4.50. The highest BCUT2D eigenvalue weighted by molar-refractivity contribution is 7.89. The molecule has 2 heterocycles. The van der Waals surface area contributed by atoms with Gasteiger partial charge in [-0.2, -0.15) is 4.31 Å². The molecule has 9 heteroatoms. The number of hydrogen-bond donors (Lipinski definition) is 1. The molecule has 1 N–H and O–H groups in total. The van der Waals surface area contributed by atoms with Crippen LogP contribution in [0.2, 0.25) is 5.02 Å². The fourth-order valence-electron chi connectivity index (χ4n) is 3.83. The van der Waals surface area contributed by atoms with E-state index < -0.39 is 15.8 Å². The van der Waals surface area contributed by atoms with Crippen LogP contribution in [0.3, 0.4) is 0 Å². The van der Waals surface area contributed by atoms with E-state index in [9.17, 15) is 17.6 Å². The number of rotatable bonds is 6. The van der Waals surface area contributed by atoms with E-state index in [-0.39, 0.29) is 34.8 Å². The first-order chi connectivity index (χ1) is 15.8. The number of anilines is 1. The van der Waals surface area contributed by atoms with Gasteiger partial charge >= 0.3 is 0 Å². The highest BCUT2D eigenvalue weighted by atomic mass is 35.5. The second-order valence-electron chi connectivity index (χ2n) is 7.97. The highest BCUT2D eigenvalue weighted by Crippen LogP contribution is 2.27. The maximum Gasteiger partial charge on any atom is 0.243 e. The van der Waals surface area contributed by atoms with Crippen LogP contribution in [-0.4, -0.2) is 36.7 Å². The Morgan fingerprint density at radius 2 is 1.67 bits per heavy atom. The minimum absolute atomic E-state index is 0.0522. The van der Waals surface area contributed by atoms with Crippen molar-refractivity contribution >= 4 is 33.2 Å². The monoisotopic (exact) mass is 487 g/mol. The van der Waals surface area contributed by atoms with Gasteiger partial charge in [-0.05, 0) is 72.9 Å². The number of piperidine rings is 1. The SMILES string of the molecule is O=C(Nc1ccc(Cc2ccncc2)cc1)C1CCN(S(=O)(=O)c2ccc(F)c(Cl)c2)CC1. The fraction of sp³-hybridized carbons (Fsp3) is 0.250. The standard InChI is InChI=1S/C24H23ClFN3O3S/c25-22-16-21(5-6-23(22)26)33(31,32)29-13-9-19(10-14-29)24(30)28-20-3-1-17(2-4-20)15-18-7-11-27-12-8-18/h1-8,11-12,16,19H,9-10,13-15H2,(H,28,30). The molecular formula is C24H23ClFN3O3S. The van der Waals surface area contributed by atoms with Crippen LogP contribution < -0.4 is 5.32 Å². The maximum atomic E-state index is 13.4. The molecule has 4 rings (SSSR count). The fourth-order valence-corrected chi connectivity index (χ4v) is 5.57. The van der Waals surface area contributed by atoms with Gasteiger partial charge < -0.3 is 5.32 Å². The smallest absolute Gasteiger partial charge is 0.243 e. The number of amides is 1. The lowest BCUT2D eigenvalue weighted by molar-refractivity contribution is -0.120. The van der Waals surface area contributed by atoms with Crippen LogP contribution in [0, 0.1) is 11.7 Å². The summed E-state index contributed by atoms with van der Waals surface area (Å²) in [6.07, 6.45) is 5.10. The summed E-state index contributed by atoms with van der Waals surface area (Å²) in [5, 5.41) is 2.69. The number of pyridine rings is 1. The van der Waals surface area contributed by atoms with Crippen LogP contribution in [-0.2, 0) is 21.2 Å². The molecule has 1 aliphatic rings. The number of sulfonamides is 1. The zero-order valence-electron chi connectivity index (χ0n) is 17.7. The molecule has 0 unspecified atom stereocenters. The van der Waals surface area contributed by atoms with Crippen LogP contribution in [0.25, 0.3) is 0 Å². The summed E-state index contributed by atoms with van der Waals surface area (Å²) in [7, 11) is -3.79. The molecule has 1 aliphatic heterocycles. The Morgan fingerprint density at radius 1 is 1.03 bits per heavy atom. The number of halogens is 2. The number of carbonyl (C=O) groups excluding carboxylic acids is 1. The highest BCUT2D eigenvalue weighted by Gasteiger charge is 2.32. The maximum absolute atomic E-state index is 13.4. The minimum atomic E-state index is -3.79. The largest absolute Gasteiger partial charge is 0.326 e. The van der Waals surface area contributed by atoms with Gasteiger partial charge in [-0.15, -0.1) is 0 Å². The number of nitrogens with one attached hydrogen (secondary N) is 1. The lowest BCUT2D eigenvalue weighted by Gasteiger charge is -2.30. The third-order valence-electron chi connectivity index (χ3n) is 5.73. The Hall–Kier alpha value is -2.81. The van der Waals surface area contributed by atoms with Crippen LogP contribution in [0.15, 0.2) is 71.9 Å². The van der Waals surface area contributed by atoms with Crippen molar-refractivity contribution in [2.75, 3.05) is 18.4 Å². The molecule has 1 amide bonds. The Bertz CT molecular complexity index is 1230. The molecule has 0 spiro atoms. The summed E-state index contributed by atoms with van der Waals surface area (Å²) in [5.74, 6) is -1.08. The molecule has 0 bridgehead atoms. The van der Waals surface area contributed by atoms with Gasteiger partial charge in [0.1, 0.15) is 5.82 Å². The van der Waals surface area contributed by atoms with E-state index >= 15 is 0 Å². The second-order valence-corrected chi connectivity index (χ2v) is 10.3. The Kier molecular flexibility index (Phi) is 7.07. The normalized spacial score (nSPS) is 15.3. The van der Waals surface area contributed by atoms with Crippen molar-refractivity contribution in [1.82, 2.24) is 9.29 Å². The van der Waals surface area contributed by atoms with Crippen molar-refractivity contribution in [1.29, 1.82) is 0 Å². The molecule has 0 atom stereocenters. The van der Waals surface area contributed by atoms with Crippen LogP contribution in [0.1, 0.15) is 24.0 Å². The first-order valence-electron chi connectivity index (χ1n) is 10.6. The molecular weight excluding hydrogens is 465 g/mol. The van der Waals surface area contributed by atoms with Gasteiger partial charge in [-0.3, -0.25) is 9.78 Å². The number of hydrogen-bond acceptors (Lipinski definition) is 4. The molecule has 0 radical (unpaired) electrons. The number of benzene rings is 2. The lowest BCUT2D eigenvalue weighted by Crippen LogP contribution is -2.41. The summed E-state index contributed by atoms with van der Waals surface area (Å²) < 4.78 is 40.3. The van der Waals surface area contributed by atoms with E-state index in [2.05, 4.69) is 10.3 Å². The van der Waals surface area contributed by atoms with Gasteiger partial charge in [-0.25, -0.2) is 12.8 Å². The van der Waals surface area contributed by atoms with Gasteiger partial charge in [-0.1, -0.05) is 23.7 Å². The molecule has 6 nitrogen and oxygen atoms in total. The van der Waals surface area contributed by atoms with E-state index in [0.717, 1.165) is 29.7 Å². The van der Waals surface area contributed by atoms with Crippen molar-refractivity contribution in [2.24, 2.45) is 5.92 Å². The average molecular weight is 488 g/mol. The molecule has 33 heavy (non-hydrogen) atoms. The summed E-state index contributed by atoms with van der Waals surface area (Å²) >= 11 is 5.74. The van der Waals surface area contributed by atoms with Crippen molar-refractivity contribution in [3.05, 3.63) is 89.0 Å². The second kappa shape index (κ2) is 9.99. The van der Waals surface area contributed by atoms with Crippen LogP contribution >= 0.6 is 11.6 Å². The zero-order chi connectivity index (χ0) is 23.4. The first-order valence-corrected chi connectivity index (χ1v) is 12.4. The minimum Gasteiger partial charge on any atom is -0.326 e. The Labute approximate surface area is 197 Å². The molecule has 0 aliphatic carbocycles. The Balaban J connectivity index is 1.32. The number of carbonyl (C=O) groups is 1. The Morgan fingerprint density at radius 3 is 2.30 bits per heavy atom. The number of aromatic nitrogens is 1. The molecule has 1 fully saturated rings. The van der Waals surface area contributed by atoms with Crippen molar-refractivity contribution in [2.45, 2.75) is 24.2 Å². The zero-order valence-corrected chi connectivity index (χ0v) is 19.3. The summed E-state index contributed by atoms with van der Waals surface area (Å²) in [4.78, 5) is 16.7. The molecule has 172 valence electrons. The molecule has 2 aromatic carbocycles. The predicted molar refractivity (Wildman–Crippen MR) is 125 cm³/mol. The van der Waals surface area contributed by atoms with Crippen LogP contribution in [0.4, 0.5) is 10.1 Å². The molecule has 0 saturated carbocycles. The number of nitrogens with zero attached hydrogens (tertiary/aromatic N) is 2. The summed E-state index contributed by atoms with van der Waals surface area (Å²) in [5.41, 5.74) is 2.99. The third-order valence-corrected chi connectivity index (χ3v) is 7.92. The molecule has 1 saturated heterocycles. The van der Waals surface area contributed by atoms with Crippen molar-refractivity contribution in [3.8, 4) is 0 Å². The quantitative estimate of drug-likeness (QED) is 0.555. The molecule has 3 aromatic rings. The lowest BCUT2D eigenvalue weighted by atomic mass is 9.97. The first kappa shape index (κ1) is 23.4. The van der Waals surface area contributed by atoms with Gasteiger partial charge in [0.2, 0.25) is 15.9 Å².